The molecule has 6 nitrogen and oxygen atoms in total. The van der Waals surface area contributed by atoms with Gasteiger partial charge in [-0.15, -0.1) is 0 Å². The van der Waals surface area contributed by atoms with Crippen molar-refractivity contribution in [3.63, 3.8) is 0 Å². The lowest BCUT2D eigenvalue weighted by Crippen LogP contribution is -2.48. The summed E-state index contributed by atoms with van der Waals surface area (Å²) in [5.74, 6) is 1.72. The monoisotopic (exact) mass is 348 g/mol. The van der Waals surface area contributed by atoms with Crippen LogP contribution in [0.1, 0.15) is 25.0 Å². The number of carbonyl (C=O) groups is 1. The second kappa shape index (κ2) is 7.66. The van der Waals surface area contributed by atoms with E-state index < -0.39 is 0 Å². The second-order valence-corrected chi connectivity index (χ2v) is 6.44. The van der Waals surface area contributed by atoms with E-state index in [9.17, 15) is 4.79 Å². The number of halogens is 1. The minimum atomic E-state index is 0.107. The average Bonchev–Trinajstić information content (AvgIpc) is 3.05. The van der Waals surface area contributed by atoms with Gasteiger partial charge in [0.2, 0.25) is 5.91 Å². The molecule has 0 N–H and O–H groups in total. The van der Waals surface area contributed by atoms with Gasteiger partial charge in [0.25, 0.3) is 0 Å². The first kappa shape index (κ1) is 16.8. The van der Waals surface area contributed by atoms with Crippen molar-refractivity contribution in [2.45, 2.75) is 31.7 Å². The van der Waals surface area contributed by atoms with Gasteiger partial charge < -0.3 is 14.3 Å². The maximum absolute atomic E-state index is 12.5. The Kier molecular flexibility index (Phi) is 5.35. The van der Waals surface area contributed by atoms with Crippen LogP contribution in [0.2, 0.25) is 5.15 Å². The number of rotatable bonds is 5. The Bertz CT molecular complexity index is 676. The fraction of sp³-hybridized carbons (Fsp3) is 0.471. The maximum atomic E-state index is 12.5. The minimum Gasteiger partial charge on any atom is -0.360 e. The summed E-state index contributed by atoms with van der Waals surface area (Å²) in [6.45, 7) is 1.79. The molecule has 0 aromatic carbocycles. The summed E-state index contributed by atoms with van der Waals surface area (Å²) in [4.78, 5) is 21.0. The summed E-state index contributed by atoms with van der Waals surface area (Å²) in [6.07, 6.45) is 4.77. The van der Waals surface area contributed by atoms with Crippen LogP contribution >= 0.6 is 11.6 Å². The summed E-state index contributed by atoms with van der Waals surface area (Å²) in [5, 5.41) is 3.95. The van der Waals surface area contributed by atoms with Gasteiger partial charge >= 0.3 is 0 Å². The van der Waals surface area contributed by atoms with Gasteiger partial charge in [0.1, 0.15) is 11.6 Å². The molecule has 0 saturated carbocycles. The fourth-order valence-corrected chi connectivity index (χ4v) is 3.19. The molecule has 0 aliphatic carbocycles. The van der Waals surface area contributed by atoms with Crippen LogP contribution in [-0.4, -0.2) is 47.1 Å². The smallest absolute Gasteiger partial charge is 0.223 e. The number of aryl methyl sites for hydroxylation is 1. The molecule has 3 rings (SSSR count). The van der Waals surface area contributed by atoms with Crippen molar-refractivity contribution in [2.75, 3.05) is 25.0 Å². The van der Waals surface area contributed by atoms with Crippen molar-refractivity contribution in [1.29, 1.82) is 0 Å². The van der Waals surface area contributed by atoms with E-state index in [-0.39, 0.29) is 11.9 Å². The number of aromatic nitrogens is 2. The van der Waals surface area contributed by atoms with Crippen molar-refractivity contribution < 1.29 is 9.32 Å². The molecule has 1 amide bonds. The van der Waals surface area contributed by atoms with Crippen LogP contribution < -0.4 is 4.90 Å². The largest absolute Gasteiger partial charge is 0.360 e. The van der Waals surface area contributed by atoms with Crippen LogP contribution in [0.3, 0.4) is 0 Å². The maximum Gasteiger partial charge on any atom is 0.223 e. The SMILES string of the molecule is CN(C(=O)CCc1cc(Cl)no1)[C@@H]1CCCN(c2ccccn2)C1. The van der Waals surface area contributed by atoms with Gasteiger partial charge in [-0.05, 0) is 25.0 Å². The molecule has 1 aliphatic heterocycles. The molecule has 1 atom stereocenters. The highest BCUT2D eigenvalue weighted by Gasteiger charge is 2.26. The fourth-order valence-electron chi connectivity index (χ4n) is 3.04. The topological polar surface area (TPSA) is 62.5 Å². The van der Waals surface area contributed by atoms with Gasteiger partial charge in [0, 0.05) is 51.3 Å². The third-order valence-corrected chi connectivity index (χ3v) is 4.60. The van der Waals surface area contributed by atoms with E-state index in [4.69, 9.17) is 16.1 Å². The summed E-state index contributed by atoms with van der Waals surface area (Å²) < 4.78 is 5.05. The van der Waals surface area contributed by atoms with Gasteiger partial charge in [0.05, 0.1) is 0 Å². The van der Waals surface area contributed by atoms with E-state index in [2.05, 4.69) is 15.0 Å². The average molecular weight is 349 g/mol. The van der Waals surface area contributed by atoms with Gasteiger partial charge in [-0.3, -0.25) is 4.79 Å². The predicted octanol–water partition coefficient (Wildman–Crippen LogP) is 2.78. The van der Waals surface area contributed by atoms with Crippen LogP contribution in [0.25, 0.3) is 0 Å². The molecule has 7 heteroatoms. The Morgan fingerprint density at radius 1 is 1.50 bits per heavy atom. The molecule has 1 aliphatic rings. The first-order valence-corrected chi connectivity index (χ1v) is 8.54. The van der Waals surface area contributed by atoms with Crippen LogP contribution in [-0.2, 0) is 11.2 Å². The Labute approximate surface area is 146 Å². The number of amides is 1. The Hall–Kier alpha value is -2.08. The number of pyridine rings is 1. The molecule has 0 radical (unpaired) electrons. The van der Waals surface area contributed by atoms with Crippen molar-refractivity contribution >= 4 is 23.3 Å². The van der Waals surface area contributed by atoms with Crippen molar-refractivity contribution in [1.82, 2.24) is 15.0 Å². The number of likely N-dealkylation sites (N-methyl/N-ethyl adjacent to an activating group) is 1. The zero-order valence-electron chi connectivity index (χ0n) is 13.7. The summed E-state index contributed by atoms with van der Waals surface area (Å²) in [7, 11) is 1.88. The van der Waals surface area contributed by atoms with E-state index in [1.807, 2.05) is 30.1 Å². The Balaban J connectivity index is 1.55. The zero-order valence-corrected chi connectivity index (χ0v) is 14.4. The number of nitrogens with zero attached hydrogens (tertiary/aromatic N) is 4. The Morgan fingerprint density at radius 3 is 3.08 bits per heavy atom. The molecule has 0 bridgehead atoms. The molecule has 24 heavy (non-hydrogen) atoms. The van der Waals surface area contributed by atoms with E-state index in [0.29, 0.717) is 23.8 Å². The van der Waals surface area contributed by atoms with Crippen molar-refractivity contribution in [2.24, 2.45) is 0 Å². The lowest BCUT2D eigenvalue weighted by atomic mass is 10.0. The van der Waals surface area contributed by atoms with Crippen LogP contribution in [0, 0.1) is 0 Å². The number of carbonyl (C=O) groups excluding carboxylic acids is 1. The van der Waals surface area contributed by atoms with Crippen molar-refractivity contribution in [3.05, 3.63) is 41.4 Å². The highest BCUT2D eigenvalue weighted by atomic mass is 35.5. The lowest BCUT2D eigenvalue weighted by Gasteiger charge is -2.38. The molecule has 0 unspecified atom stereocenters. The molecule has 2 aromatic rings. The zero-order chi connectivity index (χ0) is 16.9. The third kappa shape index (κ3) is 4.06. The highest BCUT2D eigenvalue weighted by Crippen LogP contribution is 2.21. The van der Waals surface area contributed by atoms with E-state index in [1.54, 1.807) is 12.3 Å². The number of hydrogen-bond acceptors (Lipinski definition) is 5. The summed E-state index contributed by atoms with van der Waals surface area (Å²) in [5.41, 5.74) is 0. The molecule has 3 heterocycles. The van der Waals surface area contributed by atoms with E-state index in [1.165, 1.54) is 0 Å². The van der Waals surface area contributed by atoms with Crippen LogP contribution in [0.5, 0.6) is 0 Å². The van der Waals surface area contributed by atoms with E-state index >= 15 is 0 Å². The predicted molar refractivity (Wildman–Crippen MR) is 92.1 cm³/mol. The number of piperidine rings is 1. The van der Waals surface area contributed by atoms with Gasteiger partial charge in [0.15, 0.2) is 5.15 Å². The van der Waals surface area contributed by atoms with Crippen molar-refractivity contribution in [3.8, 4) is 0 Å². The Morgan fingerprint density at radius 2 is 2.38 bits per heavy atom. The van der Waals surface area contributed by atoms with Gasteiger partial charge in [-0.2, -0.15) is 0 Å². The van der Waals surface area contributed by atoms with Gasteiger partial charge in [-0.25, -0.2) is 4.98 Å². The molecular weight excluding hydrogens is 328 g/mol. The molecule has 1 saturated heterocycles. The van der Waals surface area contributed by atoms with E-state index in [0.717, 1.165) is 31.7 Å². The quantitative estimate of drug-likeness (QED) is 0.831. The first-order chi connectivity index (χ1) is 11.6. The standard InChI is InChI=1S/C17H21ClN4O2/c1-21(17(23)8-7-14-11-15(18)20-24-14)13-5-4-10-22(12-13)16-6-2-3-9-19-16/h2-3,6,9,11,13H,4-5,7-8,10,12H2,1H3/t13-/m1/s1. The van der Waals surface area contributed by atoms with Crippen LogP contribution in [0.15, 0.2) is 35.0 Å². The minimum absolute atomic E-state index is 0.107. The summed E-state index contributed by atoms with van der Waals surface area (Å²) in [6, 6.07) is 7.77. The number of anilines is 1. The first-order valence-electron chi connectivity index (χ1n) is 8.16. The normalized spacial score (nSPS) is 17.8. The lowest BCUT2D eigenvalue weighted by molar-refractivity contribution is -0.132. The summed E-state index contributed by atoms with van der Waals surface area (Å²) >= 11 is 5.72. The van der Waals surface area contributed by atoms with Crippen LogP contribution in [0.4, 0.5) is 5.82 Å². The highest BCUT2D eigenvalue weighted by molar-refractivity contribution is 6.29. The molecular formula is C17H21ClN4O2. The molecule has 2 aromatic heterocycles. The second-order valence-electron chi connectivity index (χ2n) is 6.05. The number of hydrogen-bond donors (Lipinski definition) is 0. The molecule has 1 fully saturated rings. The molecule has 0 spiro atoms. The third-order valence-electron chi connectivity index (χ3n) is 4.43. The molecule has 128 valence electrons. The van der Waals surface area contributed by atoms with Gasteiger partial charge in [-0.1, -0.05) is 22.8 Å².